The standard InChI is InChI=1S/C20H20ClN7/c21-20-25-18(17-19(26-20)27(13-23-17)15-4-1-2-5-15)22-12-14-6-8-16(9-7-14)28-11-3-10-24-28/h3,6-11,13,15H,1-2,4-5,12H2,(H,22,25,26). The molecule has 0 saturated heterocycles. The second kappa shape index (κ2) is 7.24. The summed E-state index contributed by atoms with van der Waals surface area (Å²) in [6.45, 7) is 0.623. The third kappa shape index (κ3) is 3.22. The topological polar surface area (TPSA) is 73.5 Å². The van der Waals surface area contributed by atoms with Crippen LogP contribution >= 0.6 is 11.6 Å². The molecule has 0 unspecified atom stereocenters. The highest BCUT2D eigenvalue weighted by Gasteiger charge is 2.21. The van der Waals surface area contributed by atoms with Crippen LogP contribution in [-0.2, 0) is 6.54 Å². The molecule has 0 radical (unpaired) electrons. The molecule has 0 amide bonds. The Hall–Kier alpha value is -2.93. The fraction of sp³-hybridized carbons (Fsp3) is 0.300. The van der Waals surface area contributed by atoms with E-state index >= 15 is 0 Å². The number of anilines is 1. The van der Waals surface area contributed by atoms with Crippen molar-refractivity contribution in [2.24, 2.45) is 0 Å². The smallest absolute Gasteiger partial charge is 0.226 e. The van der Waals surface area contributed by atoms with E-state index in [1.54, 1.807) is 6.20 Å². The molecule has 142 valence electrons. The summed E-state index contributed by atoms with van der Waals surface area (Å²) in [4.78, 5) is 13.4. The fourth-order valence-corrected chi connectivity index (χ4v) is 4.00. The van der Waals surface area contributed by atoms with Gasteiger partial charge in [0, 0.05) is 25.0 Å². The summed E-state index contributed by atoms with van der Waals surface area (Å²) in [5.41, 5.74) is 3.73. The van der Waals surface area contributed by atoms with Crippen LogP contribution in [-0.4, -0.2) is 29.3 Å². The molecule has 0 aliphatic heterocycles. The van der Waals surface area contributed by atoms with Crippen molar-refractivity contribution in [2.45, 2.75) is 38.3 Å². The molecule has 0 atom stereocenters. The van der Waals surface area contributed by atoms with E-state index < -0.39 is 0 Å². The van der Waals surface area contributed by atoms with Crippen LogP contribution in [0.3, 0.4) is 0 Å². The number of hydrogen-bond donors (Lipinski definition) is 1. The van der Waals surface area contributed by atoms with Crippen molar-refractivity contribution in [3.63, 3.8) is 0 Å². The van der Waals surface area contributed by atoms with Gasteiger partial charge in [-0.1, -0.05) is 25.0 Å². The monoisotopic (exact) mass is 393 g/mol. The van der Waals surface area contributed by atoms with Gasteiger partial charge in [-0.05, 0) is 48.2 Å². The van der Waals surface area contributed by atoms with Gasteiger partial charge >= 0.3 is 0 Å². The van der Waals surface area contributed by atoms with Gasteiger partial charge in [-0.2, -0.15) is 15.1 Å². The first-order valence-electron chi connectivity index (χ1n) is 9.51. The molecule has 4 aromatic rings. The van der Waals surface area contributed by atoms with E-state index in [2.05, 4.69) is 42.1 Å². The second-order valence-corrected chi connectivity index (χ2v) is 7.41. The fourth-order valence-electron chi connectivity index (χ4n) is 3.84. The molecule has 0 bridgehead atoms. The van der Waals surface area contributed by atoms with Crippen LogP contribution in [0.4, 0.5) is 5.82 Å². The summed E-state index contributed by atoms with van der Waals surface area (Å²) < 4.78 is 3.99. The summed E-state index contributed by atoms with van der Waals surface area (Å²) in [6.07, 6.45) is 10.4. The summed E-state index contributed by atoms with van der Waals surface area (Å²) in [5, 5.41) is 7.86. The van der Waals surface area contributed by atoms with E-state index in [1.807, 2.05) is 35.4 Å². The normalized spacial score (nSPS) is 14.8. The maximum absolute atomic E-state index is 6.21. The number of benzene rings is 1. The quantitative estimate of drug-likeness (QED) is 0.509. The van der Waals surface area contributed by atoms with Gasteiger partial charge in [-0.3, -0.25) is 0 Å². The van der Waals surface area contributed by atoms with E-state index in [0.717, 1.165) is 22.4 Å². The Balaban J connectivity index is 1.37. The molecule has 1 aromatic carbocycles. The van der Waals surface area contributed by atoms with Gasteiger partial charge in [0.2, 0.25) is 5.28 Å². The average molecular weight is 394 g/mol. The Bertz CT molecular complexity index is 1080. The number of fused-ring (bicyclic) bond motifs is 1. The van der Waals surface area contributed by atoms with Crippen LogP contribution < -0.4 is 5.32 Å². The lowest BCUT2D eigenvalue weighted by Crippen LogP contribution is -2.06. The number of nitrogens with one attached hydrogen (secondary N) is 1. The van der Waals surface area contributed by atoms with Gasteiger partial charge in [0.1, 0.15) is 0 Å². The van der Waals surface area contributed by atoms with E-state index in [-0.39, 0.29) is 5.28 Å². The van der Waals surface area contributed by atoms with Crippen molar-refractivity contribution in [2.75, 3.05) is 5.32 Å². The zero-order valence-corrected chi connectivity index (χ0v) is 16.0. The number of imidazole rings is 1. The number of nitrogens with zero attached hydrogens (tertiary/aromatic N) is 6. The molecule has 1 saturated carbocycles. The van der Waals surface area contributed by atoms with E-state index in [9.17, 15) is 0 Å². The molecule has 28 heavy (non-hydrogen) atoms. The third-order valence-electron chi connectivity index (χ3n) is 5.28. The van der Waals surface area contributed by atoms with Crippen molar-refractivity contribution in [1.82, 2.24) is 29.3 Å². The molecule has 1 aliphatic rings. The molecule has 8 heteroatoms. The molecular weight excluding hydrogens is 374 g/mol. The number of rotatable bonds is 5. The Morgan fingerprint density at radius 2 is 1.93 bits per heavy atom. The van der Waals surface area contributed by atoms with Crippen molar-refractivity contribution in [3.8, 4) is 5.69 Å². The van der Waals surface area contributed by atoms with E-state index in [4.69, 9.17) is 11.6 Å². The molecule has 5 rings (SSSR count). The third-order valence-corrected chi connectivity index (χ3v) is 5.45. The number of halogens is 1. The lowest BCUT2D eigenvalue weighted by Gasteiger charge is -2.12. The Kier molecular flexibility index (Phi) is 4.44. The highest BCUT2D eigenvalue weighted by atomic mass is 35.5. The van der Waals surface area contributed by atoms with Gasteiger partial charge in [-0.25, -0.2) is 9.67 Å². The first-order valence-corrected chi connectivity index (χ1v) is 9.88. The van der Waals surface area contributed by atoms with Gasteiger partial charge in [0.15, 0.2) is 17.0 Å². The Morgan fingerprint density at radius 3 is 2.68 bits per heavy atom. The summed E-state index contributed by atoms with van der Waals surface area (Å²) in [6, 6.07) is 10.6. The van der Waals surface area contributed by atoms with Gasteiger partial charge < -0.3 is 9.88 Å². The van der Waals surface area contributed by atoms with Crippen molar-refractivity contribution >= 4 is 28.6 Å². The average Bonchev–Trinajstić information content (AvgIpc) is 3.47. The van der Waals surface area contributed by atoms with E-state index in [0.29, 0.717) is 18.4 Å². The first-order chi connectivity index (χ1) is 13.8. The molecule has 1 fully saturated rings. The highest BCUT2D eigenvalue weighted by molar-refractivity contribution is 6.28. The minimum absolute atomic E-state index is 0.240. The van der Waals surface area contributed by atoms with Crippen molar-refractivity contribution in [1.29, 1.82) is 0 Å². The second-order valence-electron chi connectivity index (χ2n) is 7.07. The Morgan fingerprint density at radius 1 is 1.11 bits per heavy atom. The van der Waals surface area contributed by atoms with E-state index in [1.165, 1.54) is 25.7 Å². The van der Waals surface area contributed by atoms with Gasteiger partial charge in [0.05, 0.1) is 12.0 Å². The largest absolute Gasteiger partial charge is 0.364 e. The zero-order chi connectivity index (χ0) is 18.9. The van der Waals surface area contributed by atoms with Crippen LogP contribution in [0, 0.1) is 0 Å². The molecule has 3 aromatic heterocycles. The van der Waals surface area contributed by atoms with Crippen LogP contribution in [0.15, 0.2) is 49.1 Å². The Labute approximate surface area is 167 Å². The summed E-state index contributed by atoms with van der Waals surface area (Å²) >= 11 is 6.21. The van der Waals surface area contributed by atoms with Gasteiger partial charge in [0.25, 0.3) is 0 Å². The molecule has 3 heterocycles. The van der Waals surface area contributed by atoms with Crippen molar-refractivity contribution < 1.29 is 0 Å². The lowest BCUT2D eigenvalue weighted by molar-refractivity contribution is 0.529. The summed E-state index contributed by atoms with van der Waals surface area (Å²) in [7, 11) is 0. The maximum Gasteiger partial charge on any atom is 0.226 e. The molecule has 0 spiro atoms. The van der Waals surface area contributed by atoms with Crippen molar-refractivity contribution in [3.05, 3.63) is 59.9 Å². The number of hydrogen-bond acceptors (Lipinski definition) is 5. The minimum Gasteiger partial charge on any atom is -0.364 e. The first kappa shape index (κ1) is 17.2. The predicted molar refractivity (Wildman–Crippen MR) is 109 cm³/mol. The number of aromatic nitrogens is 6. The summed E-state index contributed by atoms with van der Waals surface area (Å²) in [5.74, 6) is 0.669. The molecular formula is C20H20ClN7. The molecule has 1 aliphatic carbocycles. The lowest BCUT2D eigenvalue weighted by atomic mass is 10.2. The molecule has 7 nitrogen and oxygen atoms in total. The van der Waals surface area contributed by atoms with Crippen LogP contribution in [0.2, 0.25) is 5.28 Å². The van der Waals surface area contributed by atoms with Crippen LogP contribution in [0.5, 0.6) is 0 Å². The zero-order valence-electron chi connectivity index (χ0n) is 15.3. The molecule has 1 N–H and O–H groups in total. The van der Waals surface area contributed by atoms with Crippen LogP contribution in [0.25, 0.3) is 16.9 Å². The highest BCUT2D eigenvalue weighted by Crippen LogP contribution is 2.33. The minimum atomic E-state index is 0.240. The SMILES string of the molecule is Clc1nc(NCc2ccc(-n3cccn3)cc2)c2ncn(C3CCCC3)c2n1. The maximum atomic E-state index is 6.21. The van der Waals surface area contributed by atoms with Gasteiger partial charge in [-0.15, -0.1) is 0 Å². The predicted octanol–water partition coefficient (Wildman–Crippen LogP) is 4.39. The van der Waals surface area contributed by atoms with Crippen LogP contribution in [0.1, 0.15) is 37.3 Å².